The van der Waals surface area contributed by atoms with Crippen LogP contribution in [0.4, 0.5) is 5.88 Å². The molecule has 0 aliphatic carbocycles. The van der Waals surface area contributed by atoms with Crippen LogP contribution in [0.3, 0.4) is 0 Å². The molecule has 1 aliphatic rings. The van der Waals surface area contributed by atoms with Crippen LogP contribution in [0.15, 0.2) is 51.6 Å². The lowest BCUT2D eigenvalue weighted by Crippen LogP contribution is -2.49. The van der Waals surface area contributed by atoms with E-state index in [1.54, 1.807) is 41.4 Å². The number of rotatable bonds is 3. The van der Waals surface area contributed by atoms with E-state index < -0.39 is 0 Å². The van der Waals surface area contributed by atoms with Gasteiger partial charge in [0.15, 0.2) is 5.76 Å². The fourth-order valence-electron chi connectivity index (χ4n) is 2.87. The first-order chi connectivity index (χ1) is 12.8. The maximum absolute atomic E-state index is 12.5. The van der Waals surface area contributed by atoms with Gasteiger partial charge in [-0.2, -0.15) is 10.2 Å². The molecule has 8 nitrogen and oxygen atoms in total. The van der Waals surface area contributed by atoms with Crippen molar-refractivity contribution in [1.82, 2.24) is 14.9 Å². The summed E-state index contributed by atoms with van der Waals surface area (Å²) in [6.45, 7) is 2.11. The van der Waals surface area contributed by atoms with Crippen molar-refractivity contribution >= 4 is 11.8 Å². The molecule has 0 saturated carbocycles. The topological polar surface area (TPSA) is 99.4 Å². The second-order valence-corrected chi connectivity index (χ2v) is 5.76. The third-order valence-electron chi connectivity index (χ3n) is 4.19. The number of oxazole rings is 1. The Morgan fingerprint density at radius 2 is 2.00 bits per heavy atom. The molecule has 3 aromatic rings. The fourth-order valence-corrected chi connectivity index (χ4v) is 2.87. The summed E-state index contributed by atoms with van der Waals surface area (Å²) in [5.74, 6) is 1.05. The molecule has 1 fully saturated rings. The minimum atomic E-state index is -0.0976. The fraction of sp³-hybridized carbons (Fsp3) is 0.222. The third-order valence-corrected chi connectivity index (χ3v) is 4.19. The van der Waals surface area contributed by atoms with Gasteiger partial charge in [-0.05, 0) is 24.3 Å². The van der Waals surface area contributed by atoms with Crippen molar-refractivity contribution in [3.8, 4) is 17.7 Å². The van der Waals surface area contributed by atoms with Crippen LogP contribution in [0, 0.1) is 11.3 Å². The van der Waals surface area contributed by atoms with Gasteiger partial charge >= 0.3 is 0 Å². The van der Waals surface area contributed by atoms with Gasteiger partial charge in [0, 0.05) is 32.4 Å². The normalized spacial score (nSPS) is 14.3. The van der Waals surface area contributed by atoms with Crippen LogP contribution in [0.2, 0.25) is 0 Å². The van der Waals surface area contributed by atoms with Crippen molar-refractivity contribution < 1.29 is 13.6 Å². The smallest absolute Gasteiger partial charge is 0.272 e. The summed E-state index contributed by atoms with van der Waals surface area (Å²) in [6, 6.07) is 10.8. The van der Waals surface area contributed by atoms with Gasteiger partial charge < -0.3 is 18.6 Å². The predicted molar refractivity (Wildman–Crippen MR) is 91.3 cm³/mol. The molecule has 1 saturated heterocycles. The lowest BCUT2D eigenvalue weighted by Gasteiger charge is -2.34. The van der Waals surface area contributed by atoms with Gasteiger partial charge in [0.25, 0.3) is 11.8 Å². The number of aromatic nitrogens is 2. The van der Waals surface area contributed by atoms with Gasteiger partial charge in [0.1, 0.15) is 11.8 Å². The Kier molecular flexibility index (Phi) is 4.11. The van der Waals surface area contributed by atoms with Crippen LogP contribution >= 0.6 is 0 Å². The number of hydrogen-bond donors (Lipinski definition) is 0. The highest BCUT2D eigenvalue weighted by atomic mass is 16.4. The minimum absolute atomic E-state index is 0.0976. The highest BCUT2D eigenvalue weighted by molar-refractivity contribution is 5.92. The Labute approximate surface area is 149 Å². The molecule has 3 aromatic heterocycles. The molecule has 1 aliphatic heterocycles. The average Bonchev–Trinajstić information content (AvgIpc) is 3.37. The summed E-state index contributed by atoms with van der Waals surface area (Å²) in [7, 11) is 0. The van der Waals surface area contributed by atoms with Crippen molar-refractivity contribution in [2.45, 2.75) is 0 Å². The SMILES string of the molecule is N#Cc1nc(-c2ccco2)oc1N1CCN(C(=O)c2ccccn2)CC1. The quantitative estimate of drug-likeness (QED) is 0.714. The van der Waals surface area contributed by atoms with Gasteiger partial charge in [0.05, 0.1) is 6.26 Å². The largest absolute Gasteiger partial charge is 0.459 e. The highest BCUT2D eigenvalue weighted by Gasteiger charge is 2.27. The molecule has 0 aromatic carbocycles. The van der Waals surface area contributed by atoms with E-state index in [1.165, 1.54) is 6.26 Å². The molecule has 0 radical (unpaired) electrons. The molecule has 26 heavy (non-hydrogen) atoms. The van der Waals surface area contributed by atoms with E-state index in [1.807, 2.05) is 4.90 Å². The van der Waals surface area contributed by atoms with Crippen molar-refractivity contribution in [1.29, 1.82) is 5.26 Å². The molecule has 1 amide bonds. The number of hydrogen-bond acceptors (Lipinski definition) is 7. The molecule has 4 rings (SSSR count). The van der Waals surface area contributed by atoms with Crippen LogP contribution in [0.1, 0.15) is 16.2 Å². The van der Waals surface area contributed by atoms with Crippen LogP contribution in [-0.2, 0) is 0 Å². The van der Waals surface area contributed by atoms with Crippen molar-refractivity contribution in [3.05, 3.63) is 54.2 Å². The standard InChI is InChI=1S/C18H15N5O3/c19-12-14-18(26-16(21-14)15-5-3-11-25-15)23-9-7-22(8-10-23)17(24)13-4-1-2-6-20-13/h1-6,11H,7-10H2. The molecule has 4 heterocycles. The molecule has 8 heteroatoms. The van der Waals surface area contributed by atoms with E-state index in [9.17, 15) is 10.1 Å². The van der Waals surface area contributed by atoms with E-state index in [0.717, 1.165) is 0 Å². The van der Waals surface area contributed by atoms with E-state index in [2.05, 4.69) is 16.0 Å². The summed E-state index contributed by atoms with van der Waals surface area (Å²) in [5, 5.41) is 9.35. The third kappa shape index (κ3) is 2.91. The monoisotopic (exact) mass is 349 g/mol. The van der Waals surface area contributed by atoms with Gasteiger partial charge in [-0.1, -0.05) is 6.07 Å². The van der Waals surface area contributed by atoms with Crippen molar-refractivity contribution in [3.63, 3.8) is 0 Å². The van der Waals surface area contributed by atoms with Crippen LogP contribution < -0.4 is 4.90 Å². The number of piperazine rings is 1. The average molecular weight is 349 g/mol. The predicted octanol–water partition coefficient (Wildman–Crippen LogP) is 2.16. The zero-order valence-electron chi connectivity index (χ0n) is 13.8. The number of furan rings is 1. The second kappa shape index (κ2) is 6.72. The van der Waals surface area contributed by atoms with E-state index in [0.29, 0.717) is 43.5 Å². The molecule has 0 bridgehead atoms. The molecule has 0 spiro atoms. The van der Waals surface area contributed by atoms with E-state index in [4.69, 9.17) is 8.83 Å². The van der Waals surface area contributed by atoms with Crippen LogP contribution in [0.5, 0.6) is 0 Å². The van der Waals surface area contributed by atoms with Crippen LogP contribution in [0.25, 0.3) is 11.7 Å². The van der Waals surface area contributed by atoms with Crippen molar-refractivity contribution in [2.75, 3.05) is 31.1 Å². The minimum Gasteiger partial charge on any atom is -0.459 e. The Balaban J connectivity index is 1.48. The van der Waals surface area contributed by atoms with Gasteiger partial charge in [-0.3, -0.25) is 9.78 Å². The molecule has 0 unspecified atom stereocenters. The first kappa shape index (κ1) is 15.9. The number of pyridine rings is 1. The summed E-state index contributed by atoms with van der Waals surface area (Å²) in [6.07, 6.45) is 3.13. The molecular formula is C18H15N5O3. The number of carbonyl (C=O) groups is 1. The Hall–Kier alpha value is -3.60. The van der Waals surface area contributed by atoms with Gasteiger partial charge in [-0.15, -0.1) is 0 Å². The van der Waals surface area contributed by atoms with Crippen molar-refractivity contribution in [2.24, 2.45) is 0 Å². The zero-order valence-corrected chi connectivity index (χ0v) is 13.8. The Morgan fingerprint density at radius 1 is 1.15 bits per heavy atom. The van der Waals surface area contributed by atoms with E-state index in [-0.39, 0.29) is 17.5 Å². The number of nitrogens with zero attached hydrogens (tertiary/aromatic N) is 5. The summed E-state index contributed by atoms with van der Waals surface area (Å²) in [5.41, 5.74) is 0.638. The lowest BCUT2D eigenvalue weighted by molar-refractivity contribution is 0.0739. The first-order valence-corrected chi connectivity index (χ1v) is 8.16. The maximum Gasteiger partial charge on any atom is 0.272 e. The van der Waals surface area contributed by atoms with Crippen LogP contribution in [-0.4, -0.2) is 47.0 Å². The summed E-state index contributed by atoms with van der Waals surface area (Å²) >= 11 is 0. The number of carbonyl (C=O) groups excluding carboxylic acids is 1. The Morgan fingerprint density at radius 3 is 2.65 bits per heavy atom. The first-order valence-electron chi connectivity index (χ1n) is 8.16. The van der Waals surface area contributed by atoms with Gasteiger partial charge in [0.2, 0.25) is 11.6 Å². The van der Waals surface area contributed by atoms with Gasteiger partial charge in [-0.25, -0.2) is 0 Å². The van der Waals surface area contributed by atoms with E-state index >= 15 is 0 Å². The summed E-state index contributed by atoms with van der Waals surface area (Å²) < 4.78 is 11.0. The molecule has 0 N–H and O–H groups in total. The summed E-state index contributed by atoms with van der Waals surface area (Å²) in [4.78, 5) is 24.4. The molecular weight excluding hydrogens is 334 g/mol. The number of nitriles is 1. The Bertz CT molecular complexity index is 935. The number of anilines is 1. The molecule has 130 valence electrons. The highest BCUT2D eigenvalue weighted by Crippen LogP contribution is 2.29. The lowest BCUT2D eigenvalue weighted by atomic mass is 10.2. The second-order valence-electron chi connectivity index (χ2n) is 5.76. The zero-order chi connectivity index (χ0) is 17.9. The number of amides is 1. The maximum atomic E-state index is 12.5. The molecule has 0 atom stereocenters.